The van der Waals surface area contributed by atoms with E-state index in [1.165, 1.54) is 12.1 Å². The number of nitro benzene ring substituents is 1. The first kappa shape index (κ1) is 12.5. The van der Waals surface area contributed by atoms with E-state index in [9.17, 15) is 14.9 Å². The van der Waals surface area contributed by atoms with E-state index in [0.717, 1.165) is 18.4 Å². The molecule has 2 rings (SSSR count). The Morgan fingerprint density at radius 2 is 2.00 bits per heavy atom. The van der Waals surface area contributed by atoms with Crippen LogP contribution in [0.3, 0.4) is 0 Å². The molecule has 1 aliphatic carbocycles. The number of carbonyl (C=O) groups is 1. The third-order valence-electron chi connectivity index (χ3n) is 3.09. The van der Waals surface area contributed by atoms with Gasteiger partial charge in [-0.2, -0.15) is 0 Å². The predicted molar refractivity (Wildman–Crippen MR) is 66.0 cm³/mol. The molecule has 3 N–H and O–H groups in total. The summed E-state index contributed by atoms with van der Waals surface area (Å²) in [5, 5.41) is 13.2. The van der Waals surface area contributed by atoms with Crippen LogP contribution < -0.4 is 11.1 Å². The number of nitrogens with zero attached hydrogens (tertiary/aromatic N) is 1. The van der Waals surface area contributed by atoms with Crippen molar-refractivity contribution in [1.82, 2.24) is 5.32 Å². The maximum atomic E-state index is 11.5. The molecule has 1 saturated carbocycles. The maximum Gasteiger partial charge on any atom is 0.269 e. The number of non-ortho nitro benzene ring substituents is 1. The highest BCUT2D eigenvalue weighted by atomic mass is 16.6. The van der Waals surface area contributed by atoms with Gasteiger partial charge in [0.25, 0.3) is 5.69 Å². The Morgan fingerprint density at radius 1 is 1.39 bits per heavy atom. The zero-order chi connectivity index (χ0) is 13.2. The van der Waals surface area contributed by atoms with Crippen molar-refractivity contribution in [3.8, 4) is 0 Å². The fraction of sp³-hybridized carbons (Fsp3) is 0.417. The van der Waals surface area contributed by atoms with Crippen LogP contribution in [-0.2, 0) is 11.2 Å². The SMILES string of the molecule is NC1(C(=O)NCCc2ccc([N+](=O)[O-])cc2)CC1. The molecule has 1 fully saturated rings. The minimum absolute atomic E-state index is 0.0710. The third kappa shape index (κ3) is 2.84. The van der Waals surface area contributed by atoms with Gasteiger partial charge < -0.3 is 11.1 Å². The normalized spacial score (nSPS) is 16.1. The third-order valence-corrected chi connectivity index (χ3v) is 3.09. The lowest BCUT2D eigenvalue weighted by molar-refractivity contribution is -0.384. The molecule has 0 saturated heterocycles. The van der Waals surface area contributed by atoms with Gasteiger partial charge in [-0.1, -0.05) is 12.1 Å². The summed E-state index contributed by atoms with van der Waals surface area (Å²) in [5.41, 5.74) is 6.11. The second-order valence-electron chi connectivity index (χ2n) is 4.59. The van der Waals surface area contributed by atoms with Crippen LogP contribution in [0, 0.1) is 10.1 Å². The lowest BCUT2D eigenvalue weighted by atomic mass is 10.1. The van der Waals surface area contributed by atoms with Crippen molar-refractivity contribution in [3.63, 3.8) is 0 Å². The number of hydrogen-bond donors (Lipinski definition) is 2. The fourth-order valence-corrected chi connectivity index (χ4v) is 1.64. The predicted octanol–water partition coefficient (Wildman–Crippen LogP) is 0.745. The summed E-state index contributed by atoms with van der Waals surface area (Å²) >= 11 is 0. The van der Waals surface area contributed by atoms with Gasteiger partial charge in [-0.25, -0.2) is 0 Å². The molecule has 1 aromatic carbocycles. The Labute approximate surface area is 104 Å². The average Bonchev–Trinajstić information content (AvgIpc) is 3.09. The first-order chi connectivity index (χ1) is 8.51. The molecule has 0 atom stereocenters. The van der Waals surface area contributed by atoms with Gasteiger partial charge in [0.15, 0.2) is 0 Å². The van der Waals surface area contributed by atoms with Gasteiger partial charge in [0.05, 0.1) is 10.5 Å². The summed E-state index contributed by atoms with van der Waals surface area (Å²) in [6.45, 7) is 0.496. The smallest absolute Gasteiger partial charge is 0.269 e. The number of nitrogens with two attached hydrogens (primary N) is 1. The molecule has 0 aromatic heterocycles. The van der Waals surface area contributed by atoms with Crippen molar-refractivity contribution >= 4 is 11.6 Å². The van der Waals surface area contributed by atoms with E-state index in [0.29, 0.717) is 13.0 Å². The van der Waals surface area contributed by atoms with Gasteiger partial charge in [0, 0.05) is 18.7 Å². The number of amides is 1. The monoisotopic (exact) mass is 249 g/mol. The standard InChI is InChI=1S/C12H15N3O3/c13-12(6-7-12)11(16)14-8-5-9-1-3-10(4-2-9)15(17)18/h1-4H,5-8,13H2,(H,14,16). The lowest BCUT2D eigenvalue weighted by Crippen LogP contribution is -2.43. The highest BCUT2D eigenvalue weighted by molar-refractivity contribution is 5.88. The number of hydrogen-bond acceptors (Lipinski definition) is 4. The van der Waals surface area contributed by atoms with Crippen LogP contribution >= 0.6 is 0 Å². The van der Waals surface area contributed by atoms with Crippen LogP contribution in [0.5, 0.6) is 0 Å². The zero-order valence-corrected chi connectivity index (χ0v) is 9.89. The second-order valence-corrected chi connectivity index (χ2v) is 4.59. The molecule has 0 spiro atoms. The molecule has 0 radical (unpaired) electrons. The summed E-state index contributed by atoms with van der Waals surface area (Å²) in [6.07, 6.45) is 2.13. The first-order valence-electron chi connectivity index (χ1n) is 5.82. The van der Waals surface area contributed by atoms with Gasteiger partial charge in [-0.3, -0.25) is 14.9 Å². The number of carbonyl (C=O) groups excluding carboxylic acids is 1. The van der Waals surface area contributed by atoms with Crippen molar-refractivity contribution in [2.45, 2.75) is 24.8 Å². The van der Waals surface area contributed by atoms with E-state index in [-0.39, 0.29) is 11.6 Å². The summed E-state index contributed by atoms with van der Waals surface area (Å²) in [4.78, 5) is 21.6. The van der Waals surface area contributed by atoms with Gasteiger partial charge in [0.1, 0.15) is 0 Å². The van der Waals surface area contributed by atoms with Gasteiger partial charge in [-0.15, -0.1) is 0 Å². The molecular weight excluding hydrogens is 234 g/mol. The Hall–Kier alpha value is -1.95. The molecule has 0 bridgehead atoms. The summed E-state index contributed by atoms with van der Waals surface area (Å²) in [6, 6.07) is 6.31. The van der Waals surface area contributed by atoms with Gasteiger partial charge in [0.2, 0.25) is 5.91 Å². The largest absolute Gasteiger partial charge is 0.354 e. The molecule has 6 heteroatoms. The summed E-state index contributed by atoms with van der Waals surface area (Å²) in [7, 11) is 0. The molecule has 1 aliphatic rings. The van der Waals surface area contributed by atoms with Crippen LogP contribution in [0.1, 0.15) is 18.4 Å². The quantitative estimate of drug-likeness (QED) is 0.594. The van der Waals surface area contributed by atoms with Crippen molar-refractivity contribution in [2.24, 2.45) is 5.73 Å². The molecule has 96 valence electrons. The minimum Gasteiger partial charge on any atom is -0.354 e. The topological polar surface area (TPSA) is 98.3 Å². The minimum atomic E-state index is -0.643. The average molecular weight is 249 g/mol. The Kier molecular flexibility index (Phi) is 3.29. The van der Waals surface area contributed by atoms with Crippen molar-refractivity contribution in [3.05, 3.63) is 39.9 Å². The molecule has 0 heterocycles. The Bertz CT molecular complexity index is 466. The number of nitrogens with one attached hydrogen (secondary N) is 1. The highest BCUT2D eigenvalue weighted by Crippen LogP contribution is 2.31. The number of rotatable bonds is 5. The molecule has 18 heavy (non-hydrogen) atoms. The molecule has 6 nitrogen and oxygen atoms in total. The Morgan fingerprint density at radius 3 is 2.50 bits per heavy atom. The molecule has 0 aliphatic heterocycles. The van der Waals surface area contributed by atoms with Crippen LogP contribution in [0.2, 0.25) is 0 Å². The first-order valence-corrected chi connectivity index (χ1v) is 5.82. The fourth-order valence-electron chi connectivity index (χ4n) is 1.64. The van der Waals surface area contributed by atoms with Crippen LogP contribution in [0.4, 0.5) is 5.69 Å². The van der Waals surface area contributed by atoms with Crippen LogP contribution in [0.25, 0.3) is 0 Å². The van der Waals surface area contributed by atoms with E-state index >= 15 is 0 Å². The van der Waals surface area contributed by atoms with E-state index in [2.05, 4.69) is 5.32 Å². The number of benzene rings is 1. The van der Waals surface area contributed by atoms with E-state index in [1.807, 2.05) is 0 Å². The number of nitro groups is 1. The zero-order valence-electron chi connectivity index (χ0n) is 9.89. The van der Waals surface area contributed by atoms with E-state index in [1.54, 1.807) is 12.1 Å². The van der Waals surface area contributed by atoms with Gasteiger partial charge in [-0.05, 0) is 24.8 Å². The van der Waals surface area contributed by atoms with E-state index < -0.39 is 10.5 Å². The van der Waals surface area contributed by atoms with Gasteiger partial charge >= 0.3 is 0 Å². The Balaban J connectivity index is 1.80. The van der Waals surface area contributed by atoms with Crippen LogP contribution in [-0.4, -0.2) is 22.9 Å². The molecule has 1 amide bonds. The summed E-state index contributed by atoms with van der Waals surface area (Å²) < 4.78 is 0. The van der Waals surface area contributed by atoms with Crippen molar-refractivity contribution < 1.29 is 9.72 Å². The molecule has 1 aromatic rings. The highest BCUT2D eigenvalue weighted by Gasteiger charge is 2.45. The second kappa shape index (κ2) is 4.73. The van der Waals surface area contributed by atoms with Crippen molar-refractivity contribution in [2.75, 3.05) is 6.54 Å². The molecular formula is C12H15N3O3. The molecule has 0 unspecified atom stereocenters. The van der Waals surface area contributed by atoms with Crippen molar-refractivity contribution in [1.29, 1.82) is 0 Å². The lowest BCUT2D eigenvalue weighted by Gasteiger charge is -2.09. The van der Waals surface area contributed by atoms with E-state index in [4.69, 9.17) is 5.73 Å². The maximum absolute atomic E-state index is 11.5. The summed E-state index contributed by atoms with van der Waals surface area (Å²) in [5.74, 6) is -0.107. The van der Waals surface area contributed by atoms with Crippen LogP contribution in [0.15, 0.2) is 24.3 Å².